The second-order valence-corrected chi connectivity index (χ2v) is 4.94. The minimum absolute atomic E-state index is 0.0202. The Kier molecular flexibility index (Phi) is 2.61. The molecular formula is C12H14F3NO. The Labute approximate surface area is 97.6 Å². The maximum absolute atomic E-state index is 12.0. The Hall–Kier alpha value is -1.23. The topological polar surface area (TPSA) is 35.2 Å². The second-order valence-electron chi connectivity index (χ2n) is 4.94. The molecule has 2 N–H and O–H groups in total. The third kappa shape index (κ3) is 2.39. The third-order valence-electron chi connectivity index (χ3n) is 3.38. The van der Waals surface area contributed by atoms with Crippen LogP contribution >= 0.6 is 0 Å². The third-order valence-corrected chi connectivity index (χ3v) is 3.38. The van der Waals surface area contributed by atoms with Gasteiger partial charge in [-0.15, -0.1) is 13.2 Å². The molecule has 0 spiro atoms. The maximum atomic E-state index is 12.0. The van der Waals surface area contributed by atoms with Gasteiger partial charge in [0.25, 0.3) is 0 Å². The molecule has 1 fully saturated rings. The van der Waals surface area contributed by atoms with Crippen molar-refractivity contribution in [3.8, 4) is 5.75 Å². The van der Waals surface area contributed by atoms with E-state index in [4.69, 9.17) is 5.73 Å². The average Bonchev–Trinajstić information content (AvgIpc) is 2.65. The predicted octanol–water partition coefficient (Wildman–Crippen LogP) is 3.04. The molecule has 0 aromatic heterocycles. The summed E-state index contributed by atoms with van der Waals surface area (Å²) in [5.41, 5.74) is 6.88. The van der Waals surface area contributed by atoms with Crippen molar-refractivity contribution in [2.45, 2.75) is 32.2 Å². The van der Waals surface area contributed by atoms with Gasteiger partial charge in [-0.1, -0.05) is 26.0 Å². The van der Waals surface area contributed by atoms with E-state index in [2.05, 4.69) is 4.74 Å². The van der Waals surface area contributed by atoms with Gasteiger partial charge in [0.15, 0.2) is 0 Å². The molecule has 0 radical (unpaired) electrons. The number of ether oxygens (including phenoxy) is 1. The van der Waals surface area contributed by atoms with Gasteiger partial charge in [0.1, 0.15) is 5.75 Å². The number of halogens is 3. The molecule has 0 aliphatic heterocycles. The van der Waals surface area contributed by atoms with E-state index >= 15 is 0 Å². The molecule has 2 rings (SSSR count). The number of hydrogen-bond donors (Lipinski definition) is 1. The summed E-state index contributed by atoms with van der Waals surface area (Å²) in [6.45, 7) is 4.09. The number of alkyl halides is 3. The molecule has 0 saturated heterocycles. The molecule has 0 amide bonds. The van der Waals surface area contributed by atoms with Gasteiger partial charge in [0.05, 0.1) is 0 Å². The van der Waals surface area contributed by atoms with Crippen LogP contribution in [0.4, 0.5) is 13.2 Å². The van der Waals surface area contributed by atoms with Crippen molar-refractivity contribution in [2.75, 3.05) is 0 Å². The smallest absolute Gasteiger partial charge is 0.406 e. The fourth-order valence-electron chi connectivity index (χ4n) is 2.19. The molecule has 1 aliphatic carbocycles. The van der Waals surface area contributed by atoms with Gasteiger partial charge in [-0.25, -0.2) is 0 Å². The van der Waals surface area contributed by atoms with Crippen LogP contribution in [-0.2, 0) is 0 Å². The fraction of sp³-hybridized carbons (Fsp3) is 0.500. The summed E-state index contributed by atoms with van der Waals surface area (Å²) < 4.78 is 39.7. The van der Waals surface area contributed by atoms with E-state index < -0.39 is 6.36 Å². The molecule has 1 saturated carbocycles. The lowest BCUT2D eigenvalue weighted by atomic mass is 10.0. The van der Waals surface area contributed by atoms with Crippen molar-refractivity contribution >= 4 is 0 Å². The first-order chi connectivity index (χ1) is 7.72. The first kappa shape index (κ1) is 12.2. The quantitative estimate of drug-likeness (QED) is 0.869. The van der Waals surface area contributed by atoms with Gasteiger partial charge in [-0.05, 0) is 23.1 Å². The van der Waals surface area contributed by atoms with Crippen molar-refractivity contribution in [3.63, 3.8) is 0 Å². The van der Waals surface area contributed by atoms with Gasteiger partial charge < -0.3 is 10.5 Å². The molecule has 0 bridgehead atoms. The van der Waals surface area contributed by atoms with Crippen LogP contribution < -0.4 is 10.5 Å². The molecule has 5 heteroatoms. The minimum Gasteiger partial charge on any atom is -0.406 e. The molecule has 1 aromatic rings. The van der Waals surface area contributed by atoms with Gasteiger partial charge in [0, 0.05) is 12.0 Å². The molecule has 0 heterocycles. The SMILES string of the molecule is CC1(C)[C@@H](N)[C@@H]1c1ccc(OC(F)(F)F)cc1. The minimum atomic E-state index is -4.64. The Morgan fingerprint density at radius 3 is 2.00 bits per heavy atom. The zero-order valence-electron chi connectivity index (χ0n) is 9.58. The van der Waals surface area contributed by atoms with E-state index in [9.17, 15) is 13.2 Å². The molecular weight excluding hydrogens is 231 g/mol. The maximum Gasteiger partial charge on any atom is 0.573 e. The summed E-state index contributed by atoms with van der Waals surface area (Å²) in [6, 6.07) is 5.99. The van der Waals surface area contributed by atoms with Crippen LogP contribution in [0.2, 0.25) is 0 Å². The molecule has 2 atom stereocenters. The van der Waals surface area contributed by atoms with E-state index in [0.717, 1.165) is 5.56 Å². The first-order valence-electron chi connectivity index (χ1n) is 5.33. The van der Waals surface area contributed by atoms with Crippen LogP contribution in [0.1, 0.15) is 25.3 Å². The van der Waals surface area contributed by atoms with Gasteiger partial charge in [-0.2, -0.15) is 0 Å². The first-order valence-corrected chi connectivity index (χ1v) is 5.33. The van der Waals surface area contributed by atoms with Crippen LogP contribution in [0.15, 0.2) is 24.3 Å². The van der Waals surface area contributed by atoms with Crippen molar-refractivity contribution < 1.29 is 17.9 Å². The Balaban J connectivity index is 2.10. The molecule has 1 aromatic carbocycles. The van der Waals surface area contributed by atoms with E-state index in [-0.39, 0.29) is 23.1 Å². The molecule has 1 aliphatic rings. The van der Waals surface area contributed by atoms with Crippen LogP contribution in [0.5, 0.6) is 5.75 Å². The van der Waals surface area contributed by atoms with Crippen molar-refractivity contribution in [3.05, 3.63) is 29.8 Å². The normalized spacial score (nSPS) is 26.7. The molecule has 17 heavy (non-hydrogen) atoms. The van der Waals surface area contributed by atoms with E-state index in [1.807, 2.05) is 13.8 Å². The van der Waals surface area contributed by atoms with Crippen molar-refractivity contribution in [1.82, 2.24) is 0 Å². The highest BCUT2D eigenvalue weighted by molar-refractivity contribution is 5.37. The van der Waals surface area contributed by atoms with Gasteiger partial charge in [0.2, 0.25) is 0 Å². The number of rotatable bonds is 2. The molecule has 94 valence electrons. The number of hydrogen-bond acceptors (Lipinski definition) is 2. The lowest BCUT2D eigenvalue weighted by Gasteiger charge is -2.09. The predicted molar refractivity (Wildman–Crippen MR) is 57.6 cm³/mol. The lowest BCUT2D eigenvalue weighted by molar-refractivity contribution is -0.274. The largest absolute Gasteiger partial charge is 0.573 e. The van der Waals surface area contributed by atoms with E-state index in [1.54, 1.807) is 12.1 Å². The Morgan fingerprint density at radius 2 is 1.65 bits per heavy atom. The zero-order valence-corrected chi connectivity index (χ0v) is 9.58. The Bertz CT molecular complexity index is 411. The van der Waals surface area contributed by atoms with E-state index in [0.29, 0.717) is 0 Å². The zero-order chi connectivity index (χ0) is 12.8. The van der Waals surface area contributed by atoms with Crippen LogP contribution in [0, 0.1) is 5.41 Å². The van der Waals surface area contributed by atoms with Crippen LogP contribution in [-0.4, -0.2) is 12.4 Å². The average molecular weight is 245 g/mol. The number of benzene rings is 1. The highest BCUT2D eigenvalue weighted by Gasteiger charge is 2.56. The summed E-state index contributed by atoms with van der Waals surface area (Å²) in [6.07, 6.45) is -4.64. The highest BCUT2D eigenvalue weighted by Crippen LogP contribution is 2.57. The second kappa shape index (κ2) is 3.63. The van der Waals surface area contributed by atoms with Crippen LogP contribution in [0.3, 0.4) is 0 Å². The lowest BCUT2D eigenvalue weighted by Crippen LogP contribution is -2.17. The van der Waals surface area contributed by atoms with Crippen molar-refractivity contribution in [2.24, 2.45) is 11.1 Å². The summed E-state index contributed by atoms with van der Waals surface area (Å²) in [5.74, 6) is 0.00992. The number of nitrogens with two attached hydrogens (primary N) is 1. The van der Waals surface area contributed by atoms with E-state index in [1.165, 1.54) is 12.1 Å². The monoisotopic (exact) mass is 245 g/mol. The van der Waals surface area contributed by atoms with Gasteiger partial charge in [-0.3, -0.25) is 0 Å². The standard InChI is InChI=1S/C12H14F3NO/c1-11(2)9(10(11)16)7-3-5-8(6-4-7)17-12(13,14)15/h3-6,9-10H,16H2,1-2H3/t9-,10-/m0/s1. The summed E-state index contributed by atoms with van der Waals surface area (Å²) in [7, 11) is 0. The molecule has 2 nitrogen and oxygen atoms in total. The van der Waals surface area contributed by atoms with Crippen LogP contribution in [0.25, 0.3) is 0 Å². The van der Waals surface area contributed by atoms with Gasteiger partial charge >= 0.3 is 6.36 Å². The highest BCUT2D eigenvalue weighted by atomic mass is 19.4. The fourth-order valence-corrected chi connectivity index (χ4v) is 2.19. The summed E-state index contributed by atoms with van der Waals surface area (Å²) in [5, 5.41) is 0. The van der Waals surface area contributed by atoms with Crippen molar-refractivity contribution in [1.29, 1.82) is 0 Å². The summed E-state index contributed by atoms with van der Waals surface area (Å²) >= 11 is 0. The Morgan fingerprint density at radius 1 is 1.18 bits per heavy atom. The molecule has 0 unspecified atom stereocenters. The summed E-state index contributed by atoms with van der Waals surface area (Å²) in [4.78, 5) is 0.